The summed E-state index contributed by atoms with van der Waals surface area (Å²) in [4.78, 5) is 2.48. The van der Waals surface area contributed by atoms with E-state index >= 15 is 0 Å². The van der Waals surface area contributed by atoms with Gasteiger partial charge in [0.25, 0.3) is 0 Å². The van der Waals surface area contributed by atoms with Gasteiger partial charge in [-0.05, 0) is 18.1 Å². The molecule has 0 aromatic rings. The Bertz CT molecular complexity index is 113. The Hall–Kier alpha value is 0.270. The van der Waals surface area contributed by atoms with Gasteiger partial charge in [-0.15, -0.1) is 0 Å². The lowest BCUT2D eigenvalue weighted by atomic mass is 10.2. The molecule has 0 bridgehead atoms. The monoisotopic (exact) mass is 189 g/mol. The van der Waals surface area contributed by atoms with Crippen molar-refractivity contribution in [3.8, 4) is 0 Å². The molecule has 2 nitrogen and oxygen atoms in total. The van der Waals surface area contributed by atoms with E-state index in [9.17, 15) is 0 Å². The SMILES string of the molecule is CC(CS)CN1CCCOCC1. The van der Waals surface area contributed by atoms with E-state index < -0.39 is 0 Å². The predicted molar refractivity (Wildman–Crippen MR) is 54.9 cm³/mol. The third-order valence-electron chi connectivity index (χ3n) is 2.20. The molecule has 12 heavy (non-hydrogen) atoms. The normalized spacial score (nSPS) is 23.5. The zero-order valence-electron chi connectivity index (χ0n) is 7.83. The van der Waals surface area contributed by atoms with Crippen molar-refractivity contribution in [2.45, 2.75) is 13.3 Å². The Kier molecular flexibility index (Phi) is 5.04. The van der Waals surface area contributed by atoms with Gasteiger partial charge in [-0.2, -0.15) is 12.6 Å². The topological polar surface area (TPSA) is 12.5 Å². The fraction of sp³-hybridized carbons (Fsp3) is 1.00. The smallest absolute Gasteiger partial charge is 0.0593 e. The first-order chi connectivity index (χ1) is 5.83. The van der Waals surface area contributed by atoms with Crippen LogP contribution < -0.4 is 0 Å². The number of hydrogen-bond acceptors (Lipinski definition) is 3. The van der Waals surface area contributed by atoms with Gasteiger partial charge in [0, 0.05) is 26.2 Å². The average molecular weight is 189 g/mol. The molecule has 3 heteroatoms. The number of rotatable bonds is 3. The molecule has 0 aromatic carbocycles. The summed E-state index contributed by atoms with van der Waals surface area (Å²) in [6.07, 6.45) is 1.18. The maximum absolute atomic E-state index is 5.38. The van der Waals surface area contributed by atoms with Crippen LogP contribution in [0.25, 0.3) is 0 Å². The maximum atomic E-state index is 5.38. The highest BCUT2D eigenvalue weighted by molar-refractivity contribution is 7.80. The number of nitrogens with zero attached hydrogens (tertiary/aromatic N) is 1. The van der Waals surface area contributed by atoms with Gasteiger partial charge in [0.05, 0.1) is 6.61 Å². The van der Waals surface area contributed by atoms with Crippen LogP contribution >= 0.6 is 12.6 Å². The van der Waals surface area contributed by atoms with Crippen molar-refractivity contribution in [2.24, 2.45) is 5.92 Å². The van der Waals surface area contributed by atoms with Gasteiger partial charge in [-0.25, -0.2) is 0 Å². The molecule has 1 rings (SSSR count). The van der Waals surface area contributed by atoms with Gasteiger partial charge in [0.15, 0.2) is 0 Å². The standard InChI is InChI=1S/C9H19NOS/c1-9(8-12)7-10-3-2-5-11-6-4-10/h9,12H,2-8H2,1H3. The molecule has 1 aliphatic rings. The summed E-state index contributed by atoms with van der Waals surface area (Å²) in [7, 11) is 0. The third-order valence-corrected chi connectivity index (χ3v) is 2.82. The van der Waals surface area contributed by atoms with E-state index in [4.69, 9.17) is 4.74 Å². The van der Waals surface area contributed by atoms with Crippen molar-refractivity contribution in [2.75, 3.05) is 38.6 Å². The highest BCUT2D eigenvalue weighted by Crippen LogP contribution is 2.05. The molecule has 72 valence electrons. The van der Waals surface area contributed by atoms with Gasteiger partial charge in [0.1, 0.15) is 0 Å². The Morgan fingerprint density at radius 3 is 3.00 bits per heavy atom. The summed E-state index contributed by atoms with van der Waals surface area (Å²) in [6.45, 7) is 7.55. The molecule has 0 radical (unpaired) electrons. The second-order valence-corrected chi connectivity index (χ2v) is 3.92. The first kappa shape index (κ1) is 10.4. The minimum atomic E-state index is 0.700. The predicted octanol–water partition coefficient (Wildman–Crippen LogP) is 1.27. The molecule has 0 amide bonds. The van der Waals surface area contributed by atoms with Crippen molar-refractivity contribution in [1.29, 1.82) is 0 Å². The molecule has 0 aromatic heterocycles. The molecule has 1 atom stereocenters. The van der Waals surface area contributed by atoms with E-state index in [0.717, 1.165) is 25.5 Å². The van der Waals surface area contributed by atoms with Crippen LogP contribution in [0, 0.1) is 5.92 Å². The van der Waals surface area contributed by atoms with Crippen LogP contribution in [0.3, 0.4) is 0 Å². The van der Waals surface area contributed by atoms with E-state index in [1.165, 1.54) is 19.5 Å². The van der Waals surface area contributed by atoms with E-state index in [0.29, 0.717) is 5.92 Å². The second-order valence-electron chi connectivity index (χ2n) is 3.55. The lowest BCUT2D eigenvalue weighted by Gasteiger charge is -2.22. The summed E-state index contributed by atoms with van der Waals surface area (Å²) < 4.78 is 5.38. The van der Waals surface area contributed by atoms with Gasteiger partial charge in [0.2, 0.25) is 0 Å². The Labute approximate surface area is 80.7 Å². The minimum absolute atomic E-state index is 0.700. The average Bonchev–Trinajstić information content (AvgIpc) is 2.33. The van der Waals surface area contributed by atoms with Crippen LogP contribution in [0.4, 0.5) is 0 Å². The molecule has 0 N–H and O–H groups in total. The first-order valence-corrected chi connectivity index (χ1v) is 5.37. The van der Waals surface area contributed by atoms with Crippen LogP contribution in [-0.2, 0) is 4.74 Å². The summed E-state index contributed by atoms with van der Waals surface area (Å²) >= 11 is 4.28. The van der Waals surface area contributed by atoms with Crippen molar-refractivity contribution in [3.63, 3.8) is 0 Å². The Morgan fingerprint density at radius 1 is 1.42 bits per heavy atom. The highest BCUT2D eigenvalue weighted by atomic mass is 32.1. The maximum Gasteiger partial charge on any atom is 0.0593 e. The van der Waals surface area contributed by atoms with E-state index in [2.05, 4.69) is 24.5 Å². The largest absolute Gasteiger partial charge is 0.380 e. The lowest BCUT2D eigenvalue weighted by Crippen LogP contribution is -2.31. The van der Waals surface area contributed by atoms with Gasteiger partial charge < -0.3 is 9.64 Å². The zero-order chi connectivity index (χ0) is 8.81. The molecule has 1 aliphatic heterocycles. The zero-order valence-corrected chi connectivity index (χ0v) is 8.72. The van der Waals surface area contributed by atoms with Crippen LogP contribution in [0.15, 0.2) is 0 Å². The van der Waals surface area contributed by atoms with Crippen LogP contribution in [0.1, 0.15) is 13.3 Å². The molecular weight excluding hydrogens is 170 g/mol. The van der Waals surface area contributed by atoms with Gasteiger partial charge in [-0.1, -0.05) is 6.92 Å². The van der Waals surface area contributed by atoms with E-state index in [1.807, 2.05) is 0 Å². The van der Waals surface area contributed by atoms with Gasteiger partial charge >= 0.3 is 0 Å². The molecule has 0 spiro atoms. The molecule has 1 unspecified atom stereocenters. The molecule has 1 fully saturated rings. The number of thiol groups is 1. The molecule has 1 heterocycles. The van der Waals surface area contributed by atoms with Crippen LogP contribution in [0.5, 0.6) is 0 Å². The van der Waals surface area contributed by atoms with E-state index in [-0.39, 0.29) is 0 Å². The number of hydrogen-bond donors (Lipinski definition) is 1. The molecule has 1 saturated heterocycles. The molecule has 0 saturated carbocycles. The minimum Gasteiger partial charge on any atom is -0.380 e. The van der Waals surface area contributed by atoms with Crippen molar-refractivity contribution in [3.05, 3.63) is 0 Å². The van der Waals surface area contributed by atoms with Crippen molar-refractivity contribution < 1.29 is 4.74 Å². The van der Waals surface area contributed by atoms with Crippen molar-refractivity contribution in [1.82, 2.24) is 4.90 Å². The summed E-state index contributed by atoms with van der Waals surface area (Å²) in [6, 6.07) is 0. The fourth-order valence-corrected chi connectivity index (χ4v) is 1.59. The Balaban J connectivity index is 2.20. The number of ether oxygens (including phenoxy) is 1. The molecule has 0 aliphatic carbocycles. The van der Waals surface area contributed by atoms with Gasteiger partial charge in [-0.3, -0.25) is 0 Å². The fourth-order valence-electron chi connectivity index (χ4n) is 1.48. The van der Waals surface area contributed by atoms with E-state index in [1.54, 1.807) is 0 Å². The van der Waals surface area contributed by atoms with Crippen LogP contribution in [-0.4, -0.2) is 43.5 Å². The summed E-state index contributed by atoms with van der Waals surface area (Å²) in [5.74, 6) is 1.68. The lowest BCUT2D eigenvalue weighted by molar-refractivity contribution is 0.139. The summed E-state index contributed by atoms with van der Waals surface area (Å²) in [5, 5.41) is 0. The third kappa shape index (κ3) is 3.78. The Morgan fingerprint density at radius 2 is 2.25 bits per heavy atom. The second kappa shape index (κ2) is 5.84. The quantitative estimate of drug-likeness (QED) is 0.671. The van der Waals surface area contributed by atoms with Crippen molar-refractivity contribution >= 4 is 12.6 Å². The van der Waals surface area contributed by atoms with Crippen LogP contribution in [0.2, 0.25) is 0 Å². The highest BCUT2D eigenvalue weighted by Gasteiger charge is 2.11. The summed E-state index contributed by atoms with van der Waals surface area (Å²) in [5.41, 5.74) is 0. The molecular formula is C9H19NOS. The first-order valence-electron chi connectivity index (χ1n) is 4.74.